The van der Waals surface area contributed by atoms with Crippen LogP contribution in [-0.4, -0.2) is 29.2 Å². The van der Waals surface area contributed by atoms with Gasteiger partial charge in [-0.1, -0.05) is 6.07 Å². The Hall–Kier alpha value is -3.29. The van der Waals surface area contributed by atoms with Crippen molar-refractivity contribution in [2.45, 2.75) is 0 Å². The van der Waals surface area contributed by atoms with E-state index >= 15 is 0 Å². The lowest BCUT2D eigenvalue weighted by atomic mass is 10.2. The summed E-state index contributed by atoms with van der Waals surface area (Å²) in [6, 6.07) is 10.8. The van der Waals surface area contributed by atoms with Gasteiger partial charge in [-0.2, -0.15) is 4.39 Å². The van der Waals surface area contributed by atoms with E-state index in [-0.39, 0.29) is 18.1 Å². The summed E-state index contributed by atoms with van der Waals surface area (Å²) >= 11 is 0. The Balaban J connectivity index is 1.70. The SMILES string of the molecule is O=C1CN=C(c2ccc(NC(=O)c3cccc(F)n3)cc2)NN1. The molecule has 3 rings (SSSR count). The Morgan fingerprint density at radius 1 is 1.13 bits per heavy atom. The number of benzene rings is 1. The first-order chi connectivity index (χ1) is 11.1. The van der Waals surface area contributed by atoms with Crippen LogP contribution in [0.4, 0.5) is 10.1 Å². The predicted molar refractivity (Wildman–Crippen MR) is 81.3 cm³/mol. The van der Waals surface area contributed by atoms with E-state index in [1.807, 2.05) is 0 Å². The minimum Gasteiger partial charge on any atom is -0.321 e. The number of nitrogens with zero attached hydrogens (tertiary/aromatic N) is 2. The molecule has 0 saturated carbocycles. The van der Waals surface area contributed by atoms with E-state index in [1.54, 1.807) is 24.3 Å². The van der Waals surface area contributed by atoms with E-state index < -0.39 is 11.9 Å². The number of carbonyl (C=O) groups excluding carboxylic acids is 2. The standard InChI is InChI=1S/C15H12FN5O2/c16-12-3-1-2-11(19-12)15(23)18-10-6-4-9(5-7-10)14-17-8-13(22)20-21-14/h1-7H,8H2,(H,17,21)(H,18,23)(H,20,22). The molecule has 0 fully saturated rings. The lowest BCUT2D eigenvalue weighted by molar-refractivity contribution is -0.120. The molecule has 116 valence electrons. The molecule has 1 aliphatic rings. The van der Waals surface area contributed by atoms with E-state index in [9.17, 15) is 14.0 Å². The maximum atomic E-state index is 13.0. The molecular weight excluding hydrogens is 301 g/mol. The largest absolute Gasteiger partial charge is 0.321 e. The molecule has 2 heterocycles. The summed E-state index contributed by atoms with van der Waals surface area (Å²) in [5.41, 5.74) is 6.44. The highest BCUT2D eigenvalue weighted by Gasteiger charge is 2.12. The maximum absolute atomic E-state index is 13.0. The third-order valence-electron chi connectivity index (χ3n) is 3.07. The van der Waals surface area contributed by atoms with Crippen LogP contribution >= 0.6 is 0 Å². The smallest absolute Gasteiger partial charge is 0.274 e. The topological polar surface area (TPSA) is 95.5 Å². The highest BCUT2D eigenvalue weighted by atomic mass is 19.1. The van der Waals surface area contributed by atoms with Crippen molar-refractivity contribution in [2.24, 2.45) is 4.99 Å². The van der Waals surface area contributed by atoms with E-state index in [0.29, 0.717) is 11.5 Å². The molecule has 1 aromatic carbocycles. The summed E-state index contributed by atoms with van der Waals surface area (Å²) in [4.78, 5) is 30.6. The highest BCUT2D eigenvalue weighted by molar-refractivity contribution is 6.04. The summed E-state index contributed by atoms with van der Waals surface area (Å²) in [6.07, 6.45) is 0. The van der Waals surface area contributed by atoms with Crippen molar-refractivity contribution in [2.75, 3.05) is 11.9 Å². The highest BCUT2D eigenvalue weighted by Crippen LogP contribution is 2.12. The molecule has 0 atom stereocenters. The van der Waals surface area contributed by atoms with Gasteiger partial charge in [0.25, 0.3) is 11.8 Å². The molecule has 1 aliphatic heterocycles. The second kappa shape index (κ2) is 6.22. The lowest BCUT2D eigenvalue weighted by Gasteiger charge is -2.15. The summed E-state index contributed by atoms with van der Waals surface area (Å²) in [7, 11) is 0. The zero-order valence-corrected chi connectivity index (χ0v) is 11.8. The third kappa shape index (κ3) is 3.49. The number of amidine groups is 1. The van der Waals surface area contributed by atoms with E-state index in [2.05, 4.69) is 26.1 Å². The monoisotopic (exact) mass is 313 g/mol. The fourth-order valence-electron chi connectivity index (χ4n) is 1.96. The normalized spacial score (nSPS) is 13.6. The zero-order valence-electron chi connectivity index (χ0n) is 11.8. The van der Waals surface area contributed by atoms with Gasteiger partial charge in [0.05, 0.1) is 0 Å². The molecule has 0 aliphatic carbocycles. The number of amides is 2. The van der Waals surface area contributed by atoms with Crippen molar-refractivity contribution in [3.05, 3.63) is 59.7 Å². The lowest BCUT2D eigenvalue weighted by Crippen LogP contribution is -2.47. The maximum Gasteiger partial charge on any atom is 0.274 e. The van der Waals surface area contributed by atoms with Crippen LogP contribution in [0.25, 0.3) is 0 Å². The number of hydrogen-bond donors (Lipinski definition) is 3. The first-order valence-corrected chi connectivity index (χ1v) is 6.75. The number of rotatable bonds is 3. The van der Waals surface area contributed by atoms with Crippen molar-refractivity contribution in [1.82, 2.24) is 15.8 Å². The molecular formula is C15H12FN5O2. The van der Waals surface area contributed by atoms with Crippen molar-refractivity contribution < 1.29 is 14.0 Å². The van der Waals surface area contributed by atoms with Crippen LogP contribution in [0.5, 0.6) is 0 Å². The van der Waals surface area contributed by atoms with Gasteiger partial charge in [-0.3, -0.25) is 25.4 Å². The first-order valence-electron chi connectivity index (χ1n) is 6.75. The van der Waals surface area contributed by atoms with Crippen LogP contribution in [0.1, 0.15) is 16.1 Å². The number of pyridine rings is 1. The molecule has 2 amide bonds. The Morgan fingerprint density at radius 2 is 1.91 bits per heavy atom. The molecule has 0 unspecified atom stereocenters. The van der Waals surface area contributed by atoms with Crippen LogP contribution < -0.4 is 16.2 Å². The average molecular weight is 313 g/mol. The van der Waals surface area contributed by atoms with Gasteiger partial charge in [-0.05, 0) is 36.4 Å². The number of nitrogens with one attached hydrogen (secondary N) is 3. The molecule has 0 saturated heterocycles. The first kappa shape index (κ1) is 14.6. The molecule has 0 bridgehead atoms. The Kier molecular flexibility index (Phi) is 3.96. The van der Waals surface area contributed by atoms with Crippen molar-refractivity contribution in [3.63, 3.8) is 0 Å². The predicted octanol–water partition coefficient (Wildman–Crippen LogP) is 0.854. The summed E-state index contributed by atoms with van der Waals surface area (Å²) < 4.78 is 13.0. The fourth-order valence-corrected chi connectivity index (χ4v) is 1.96. The number of hydrazine groups is 1. The molecule has 1 aromatic heterocycles. The average Bonchev–Trinajstić information content (AvgIpc) is 2.56. The minimum absolute atomic E-state index is 0.00453. The molecule has 7 nitrogen and oxygen atoms in total. The number of halogens is 1. The summed E-state index contributed by atoms with van der Waals surface area (Å²) in [5, 5.41) is 2.62. The van der Waals surface area contributed by atoms with Crippen molar-refractivity contribution in [1.29, 1.82) is 0 Å². The van der Waals surface area contributed by atoms with Gasteiger partial charge >= 0.3 is 0 Å². The molecule has 0 spiro atoms. The Morgan fingerprint density at radius 3 is 2.57 bits per heavy atom. The van der Waals surface area contributed by atoms with E-state index in [1.165, 1.54) is 18.2 Å². The number of aliphatic imine (C=N–C) groups is 1. The number of hydrogen-bond acceptors (Lipinski definition) is 5. The molecule has 23 heavy (non-hydrogen) atoms. The fraction of sp³-hybridized carbons (Fsp3) is 0.0667. The number of anilines is 1. The second-order valence-corrected chi connectivity index (χ2v) is 4.72. The van der Waals surface area contributed by atoms with Crippen molar-refractivity contribution >= 4 is 23.3 Å². The Bertz CT molecular complexity index is 789. The van der Waals surface area contributed by atoms with Crippen LogP contribution in [0.15, 0.2) is 47.5 Å². The Labute approximate surface area is 130 Å². The van der Waals surface area contributed by atoms with Crippen LogP contribution in [0, 0.1) is 5.95 Å². The molecule has 3 N–H and O–H groups in total. The third-order valence-corrected chi connectivity index (χ3v) is 3.07. The van der Waals surface area contributed by atoms with Gasteiger partial charge in [0.1, 0.15) is 18.1 Å². The van der Waals surface area contributed by atoms with Gasteiger partial charge in [0, 0.05) is 11.3 Å². The summed E-state index contributed by atoms with van der Waals surface area (Å²) in [5.74, 6) is -0.886. The van der Waals surface area contributed by atoms with Crippen LogP contribution in [0.2, 0.25) is 0 Å². The quantitative estimate of drug-likeness (QED) is 0.732. The van der Waals surface area contributed by atoms with Gasteiger partial charge in [0.2, 0.25) is 5.95 Å². The van der Waals surface area contributed by atoms with Gasteiger partial charge in [-0.25, -0.2) is 4.98 Å². The molecule has 2 aromatic rings. The zero-order chi connectivity index (χ0) is 16.2. The number of aromatic nitrogens is 1. The van der Waals surface area contributed by atoms with E-state index in [4.69, 9.17) is 0 Å². The van der Waals surface area contributed by atoms with Gasteiger partial charge in [0.15, 0.2) is 0 Å². The minimum atomic E-state index is -0.712. The molecule has 8 heteroatoms. The van der Waals surface area contributed by atoms with Crippen molar-refractivity contribution in [3.8, 4) is 0 Å². The van der Waals surface area contributed by atoms with Crippen LogP contribution in [-0.2, 0) is 4.79 Å². The number of carbonyl (C=O) groups is 2. The molecule has 0 radical (unpaired) electrons. The van der Waals surface area contributed by atoms with Crippen LogP contribution in [0.3, 0.4) is 0 Å². The van der Waals surface area contributed by atoms with E-state index in [0.717, 1.165) is 5.56 Å². The van der Waals surface area contributed by atoms with Gasteiger partial charge < -0.3 is 5.32 Å². The second-order valence-electron chi connectivity index (χ2n) is 4.72. The summed E-state index contributed by atoms with van der Waals surface area (Å²) in [6.45, 7) is 0.0616. The van der Waals surface area contributed by atoms with Gasteiger partial charge in [-0.15, -0.1) is 0 Å².